The Morgan fingerprint density at radius 2 is 1.06 bits per heavy atom. The number of anilines is 3. The summed E-state index contributed by atoms with van der Waals surface area (Å²) in [7, 11) is 0. The first-order valence-corrected chi connectivity index (χ1v) is 16.7. The van der Waals surface area contributed by atoms with Crippen molar-refractivity contribution >= 4 is 71.6 Å². The van der Waals surface area contributed by atoms with Crippen molar-refractivity contribution in [2.75, 3.05) is 4.90 Å². The number of aromatic amines is 1. The van der Waals surface area contributed by atoms with Gasteiger partial charge in [0.1, 0.15) is 11.2 Å². The number of benzene rings is 8. The van der Waals surface area contributed by atoms with E-state index in [9.17, 15) is 0 Å². The van der Waals surface area contributed by atoms with Gasteiger partial charge in [-0.15, -0.1) is 0 Å². The molecule has 3 heteroatoms. The summed E-state index contributed by atoms with van der Waals surface area (Å²) in [5, 5.41) is 7.07. The van der Waals surface area contributed by atoms with Crippen LogP contribution in [0.15, 0.2) is 180 Å². The molecule has 0 atom stereocenters. The maximum absolute atomic E-state index is 6.46. The molecule has 0 unspecified atom stereocenters. The third-order valence-electron chi connectivity index (χ3n) is 9.79. The highest BCUT2D eigenvalue weighted by molar-refractivity contribution is 6.16. The van der Waals surface area contributed by atoms with E-state index >= 15 is 0 Å². The van der Waals surface area contributed by atoms with Crippen molar-refractivity contribution in [3.63, 3.8) is 0 Å². The van der Waals surface area contributed by atoms with Crippen molar-refractivity contribution in [3.8, 4) is 22.3 Å². The minimum Gasteiger partial charge on any atom is -0.455 e. The lowest BCUT2D eigenvalue weighted by Gasteiger charge is -2.26. The molecule has 0 aliphatic carbocycles. The van der Waals surface area contributed by atoms with Crippen LogP contribution < -0.4 is 4.90 Å². The summed E-state index contributed by atoms with van der Waals surface area (Å²) >= 11 is 0. The summed E-state index contributed by atoms with van der Waals surface area (Å²) in [5.74, 6) is 0. The summed E-state index contributed by atoms with van der Waals surface area (Å²) < 4.78 is 6.46. The quantitative estimate of drug-likeness (QED) is 0.206. The highest BCUT2D eigenvalue weighted by atomic mass is 16.3. The van der Waals surface area contributed by atoms with Gasteiger partial charge >= 0.3 is 0 Å². The van der Waals surface area contributed by atoms with Crippen molar-refractivity contribution in [1.82, 2.24) is 4.98 Å². The zero-order valence-electron chi connectivity index (χ0n) is 26.6. The Bertz CT molecular complexity index is 2830. The zero-order chi connectivity index (χ0) is 32.3. The number of nitrogens with zero attached hydrogens (tertiary/aromatic N) is 1. The van der Waals surface area contributed by atoms with Gasteiger partial charge in [-0.3, -0.25) is 0 Å². The van der Waals surface area contributed by atoms with Crippen molar-refractivity contribution in [2.24, 2.45) is 0 Å². The second-order valence-electron chi connectivity index (χ2n) is 12.6. The molecule has 3 nitrogen and oxygen atoms in total. The average Bonchev–Trinajstić information content (AvgIpc) is 3.74. The fraction of sp³-hybridized carbons (Fsp3) is 0. The molecule has 10 aromatic rings. The monoisotopic (exact) mass is 626 g/mol. The number of rotatable bonds is 5. The molecule has 0 spiro atoms. The molecular formula is C46H30N2O. The molecule has 0 amide bonds. The highest BCUT2D eigenvalue weighted by Gasteiger charge is 2.18. The molecule has 2 heterocycles. The van der Waals surface area contributed by atoms with Gasteiger partial charge in [0.25, 0.3) is 0 Å². The first kappa shape index (κ1) is 27.5. The molecule has 10 rings (SSSR count). The van der Waals surface area contributed by atoms with Gasteiger partial charge in [0, 0.05) is 55.3 Å². The van der Waals surface area contributed by atoms with Crippen molar-refractivity contribution in [3.05, 3.63) is 176 Å². The van der Waals surface area contributed by atoms with E-state index in [0.717, 1.165) is 61.2 Å². The molecule has 0 saturated heterocycles. The third kappa shape index (κ3) is 4.51. The molecule has 0 bridgehead atoms. The number of hydrogen-bond acceptors (Lipinski definition) is 2. The number of para-hydroxylation sites is 3. The largest absolute Gasteiger partial charge is 0.455 e. The molecule has 230 valence electrons. The van der Waals surface area contributed by atoms with Crippen LogP contribution in [-0.4, -0.2) is 4.98 Å². The van der Waals surface area contributed by atoms with Crippen molar-refractivity contribution in [2.45, 2.75) is 0 Å². The van der Waals surface area contributed by atoms with Crippen LogP contribution in [0.5, 0.6) is 0 Å². The van der Waals surface area contributed by atoms with Gasteiger partial charge in [0.15, 0.2) is 0 Å². The molecule has 0 fully saturated rings. The minimum absolute atomic E-state index is 0.906. The van der Waals surface area contributed by atoms with Gasteiger partial charge < -0.3 is 14.3 Å². The lowest BCUT2D eigenvalue weighted by molar-refractivity contribution is 0.670. The van der Waals surface area contributed by atoms with Crippen molar-refractivity contribution < 1.29 is 4.42 Å². The van der Waals surface area contributed by atoms with E-state index in [4.69, 9.17) is 4.42 Å². The second kappa shape index (κ2) is 11.0. The Labute approximate surface area is 283 Å². The fourth-order valence-corrected chi connectivity index (χ4v) is 7.43. The number of H-pyrrole nitrogens is 1. The van der Waals surface area contributed by atoms with E-state index in [1.54, 1.807) is 0 Å². The Hall–Kier alpha value is -6.58. The van der Waals surface area contributed by atoms with Crippen LogP contribution in [0.2, 0.25) is 0 Å². The first-order valence-electron chi connectivity index (χ1n) is 16.7. The van der Waals surface area contributed by atoms with E-state index in [2.05, 4.69) is 174 Å². The van der Waals surface area contributed by atoms with E-state index in [1.165, 1.54) is 32.7 Å². The number of aromatic nitrogens is 1. The normalized spacial score (nSPS) is 11.7. The maximum atomic E-state index is 6.46. The molecule has 0 aliphatic rings. The topological polar surface area (TPSA) is 32.2 Å². The van der Waals surface area contributed by atoms with Gasteiger partial charge in [-0.2, -0.15) is 0 Å². The maximum Gasteiger partial charge on any atom is 0.143 e. The Kier molecular flexibility index (Phi) is 6.18. The molecule has 0 aliphatic heterocycles. The summed E-state index contributed by atoms with van der Waals surface area (Å²) in [6.45, 7) is 0. The van der Waals surface area contributed by atoms with E-state index in [1.807, 2.05) is 12.1 Å². The average molecular weight is 627 g/mol. The van der Waals surface area contributed by atoms with Gasteiger partial charge in [0.05, 0.1) is 5.52 Å². The third-order valence-corrected chi connectivity index (χ3v) is 9.79. The van der Waals surface area contributed by atoms with Gasteiger partial charge in [-0.1, -0.05) is 127 Å². The van der Waals surface area contributed by atoms with E-state index in [0.29, 0.717) is 0 Å². The predicted molar refractivity (Wildman–Crippen MR) is 206 cm³/mol. The Morgan fingerprint density at radius 1 is 0.408 bits per heavy atom. The predicted octanol–water partition coefficient (Wildman–Crippen LogP) is 13.2. The molecule has 0 saturated carbocycles. The number of hydrogen-bond donors (Lipinski definition) is 1. The Balaban J connectivity index is 1.14. The van der Waals surface area contributed by atoms with Gasteiger partial charge in [-0.25, -0.2) is 0 Å². The summed E-state index contributed by atoms with van der Waals surface area (Å²) in [5.41, 5.74) is 12.0. The highest BCUT2D eigenvalue weighted by Crippen LogP contribution is 2.42. The van der Waals surface area contributed by atoms with Crippen LogP contribution in [0, 0.1) is 0 Å². The smallest absolute Gasteiger partial charge is 0.143 e. The van der Waals surface area contributed by atoms with Gasteiger partial charge in [-0.05, 0) is 70.4 Å². The standard InChI is InChI=1S/C46H30N2O/c1-2-10-30(11-3-1)32-20-23-34(24-21-32)48(35-25-22-31-12-4-5-13-33(31)28-35)36-26-27-43-42(29-36)39-16-8-15-38(45(39)47-43)41-18-9-17-40-37-14-6-7-19-44(37)49-46(40)41/h1-29,47H. The van der Waals surface area contributed by atoms with Crippen molar-refractivity contribution in [1.29, 1.82) is 0 Å². The SMILES string of the molecule is c1ccc(-c2ccc(N(c3ccc4ccccc4c3)c3ccc4[nH]c5c(-c6cccc7c6oc6ccccc67)cccc5c4c3)cc2)cc1. The van der Waals surface area contributed by atoms with Gasteiger partial charge in [0.2, 0.25) is 0 Å². The van der Waals surface area contributed by atoms with E-state index < -0.39 is 0 Å². The fourth-order valence-electron chi connectivity index (χ4n) is 7.43. The van der Waals surface area contributed by atoms with Crippen LogP contribution in [-0.2, 0) is 0 Å². The first-order chi connectivity index (χ1) is 24.3. The summed E-state index contributed by atoms with van der Waals surface area (Å²) in [4.78, 5) is 6.14. The summed E-state index contributed by atoms with van der Waals surface area (Å²) in [6.07, 6.45) is 0. The molecule has 2 aromatic heterocycles. The molecular weight excluding hydrogens is 597 g/mol. The number of furan rings is 1. The van der Waals surface area contributed by atoms with Crippen LogP contribution in [0.1, 0.15) is 0 Å². The van der Waals surface area contributed by atoms with Crippen LogP contribution >= 0.6 is 0 Å². The molecule has 0 radical (unpaired) electrons. The minimum atomic E-state index is 0.906. The van der Waals surface area contributed by atoms with Crippen LogP contribution in [0.4, 0.5) is 17.1 Å². The lowest BCUT2D eigenvalue weighted by Crippen LogP contribution is -2.09. The molecule has 1 N–H and O–H groups in total. The molecule has 8 aromatic carbocycles. The number of nitrogens with one attached hydrogen (secondary N) is 1. The van der Waals surface area contributed by atoms with Crippen LogP contribution in [0.3, 0.4) is 0 Å². The lowest BCUT2D eigenvalue weighted by atomic mass is 9.99. The second-order valence-corrected chi connectivity index (χ2v) is 12.6. The molecule has 49 heavy (non-hydrogen) atoms. The Morgan fingerprint density at radius 3 is 1.94 bits per heavy atom. The zero-order valence-corrected chi connectivity index (χ0v) is 26.6. The number of fused-ring (bicyclic) bond motifs is 7. The van der Waals surface area contributed by atoms with E-state index in [-0.39, 0.29) is 0 Å². The van der Waals surface area contributed by atoms with Crippen LogP contribution in [0.25, 0.3) is 76.8 Å². The summed E-state index contributed by atoms with van der Waals surface area (Å²) in [6, 6.07) is 62.7.